The van der Waals surface area contributed by atoms with Crippen molar-refractivity contribution in [1.29, 1.82) is 0 Å². The second-order valence-electron chi connectivity index (χ2n) is 6.89. The van der Waals surface area contributed by atoms with Gasteiger partial charge in [-0.15, -0.1) is 24.0 Å². The van der Waals surface area contributed by atoms with Crippen molar-refractivity contribution in [3.05, 3.63) is 53.6 Å². The molecule has 0 atom stereocenters. The van der Waals surface area contributed by atoms with Crippen LogP contribution in [-0.2, 0) is 13.1 Å². The summed E-state index contributed by atoms with van der Waals surface area (Å²) in [6, 6.07) is 12.4. The molecule has 0 saturated heterocycles. The number of hydrogen-bond donors (Lipinski definition) is 2. The first-order valence-electron chi connectivity index (χ1n) is 9.84. The van der Waals surface area contributed by atoms with Crippen LogP contribution in [0.4, 0.5) is 8.78 Å². The number of rotatable bonds is 11. The van der Waals surface area contributed by atoms with Crippen LogP contribution in [0, 0.1) is 0 Å². The van der Waals surface area contributed by atoms with E-state index in [-0.39, 0.29) is 36.3 Å². The second-order valence-corrected chi connectivity index (χ2v) is 6.89. The van der Waals surface area contributed by atoms with Crippen LogP contribution in [0.25, 0.3) is 0 Å². The van der Waals surface area contributed by atoms with Gasteiger partial charge in [-0.25, -0.2) is 0 Å². The summed E-state index contributed by atoms with van der Waals surface area (Å²) in [7, 11) is 7.13. The summed E-state index contributed by atoms with van der Waals surface area (Å²) < 4.78 is 41.1. The van der Waals surface area contributed by atoms with E-state index in [1.165, 1.54) is 13.2 Å². The highest BCUT2D eigenvalue weighted by atomic mass is 127. The van der Waals surface area contributed by atoms with E-state index in [9.17, 15) is 8.78 Å². The maximum absolute atomic E-state index is 12.7. The van der Waals surface area contributed by atoms with Crippen molar-refractivity contribution in [1.82, 2.24) is 15.5 Å². The number of hydrogen-bond acceptors (Lipinski definition) is 5. The molecule has 0 aliphatic carbocycles. The van der Waals surface area contributed by atoms with Gasteiger partial charge in [-0.1, -0.05) is 18.2 Å². The average molecular weight is 564 g/mol. The van der Waals surface area contributed by atoms with Gasteiger partial charge in [-0.05, 0) is 38.4 Å². The number of guanidine groups is 1. The third kappa shape index (κ3) is 9.43. The average Bonchev–Trinajstić information content (AvgIpc) is 2.75. The van der Waals surface area contributed by atoms with Crippen molar-refractivity contribution in [2.45, 2.75) is 19.7 Å². The van der Waals surface area contributed by atoms with E-state index in [1.54, 1.807) is 19.2 Å². The van der Waals surface area contributed by atoms with Crippen LogP contribution in [0.2, 0.25) is 0 Å². The monoisotopic (exact) mass is 564 g/mol. The second kappa shape index (κ2) is 14.7. The molecule has 10 heteroatoms. The molecule has 0 aliphatic rings. The number of methoxy groups -OCH3 is 1. The van der Waals surface area contributed by atoms with Gasteiger partial charge in [0.15, 0.2) is 5.96 Å². The van der Waals surface area contributed by atoms with Crippen LogP contribution in [0.3, 0.4) is 0 Å². The quantitative estimate of drug-likeness (QED) is 0.247. The number of halogens is 3. The molecule has 0 spiro atoms. The van der Waals surface area contributed by atoms with Gasteiger partial charge < -0.3 is 29.7 Å². The number of ether oxygens (including phenoxy) is 3. The van der Waals surface area contributed by atoms with E-state index in [4.69, 9.17) is 9.47 Å². The van der Waals surface area contributed by atoms with Crippen molar-refractivity contribution in [2.24, 2.45) is 4.99 Å². The van der Waals surface area contributed by atoms with Gasteiger partial charge in [-0.3, -0.25) is 4.99 Å². The van der Waals surface area contributed by atoms with Crippen molar-refractivity contribution in [3.63, 3.8) is 0 Å². The van der Waals surface area contributed by atoms with Gasteiger partial charge in [0.1, 0.15) is 23.9 Å². The first kappa shape index (κ1) is 27.7. The summed E-state index contributed by atoms with van der Waals surface area (Å²) in [5.74, 6) is 1.94. The minimum atomic E-state index is -2.91. The molecule has 178 valence electrons. The Labute approximate surface area is 205 Å². The summed E-state index contributed by atoms with van der Waals surface area (Å²) in [4.78, 5) is 6.25. The van der Waals surface area contributed by atoms with Gasteiger partial charge in [0.25, 0.3) is 0 Å². The Morgan fingerprint density at radius 2 is 1.72 bits per heavy atom. The predicted molar refractivity (Wildman–Crippen MR) is 133 cm³/mol. The van der Waals surface area contributed by atoms with E-state index in [2.05, 4.69) is 25.3 Å². The Hall–Kier alpha value is -2.34. The lowest BCUT2D eigenvalue weighted by atomic mass is 10.2. The van der Waals surface area contributed by atoms with Crippen molar-refractivity contribution < 1.29 is 23.0 Å². The fraction of sp³-hybridized carbons (Fsp3) is 0.409. The zero-order valence-corrected chi connectivity index (χ0v) is 21.1. The molecule has 0 aliphatic heterocycles. The molecule has 0 aromatic heterocycles. The molecular formula is C22H31F2IN4O3. The van der Waals surface area contributed by atoms with Gasteiger partial charge >= 0.3 is 6.61 Å². The zero-order chi connectivity index (χ0) is 22.6. The minimum Gasteiger partial charge on any atom is -0.497 e. The number of alkyl halides is 2. The molecule has 0 heterocycles. The number of para-hydroxylation sites is 1. The number of aliphatic imine (C=N–C) groups is 1. The number of nitrogens with one attached hydrogen (secondary N) is 2. The molecule has 7 nitrogen and oxygen atoms in total. The largest absolute Gasteiger partial charge is 0.497 e. The predicted octanol–water partition coefficient (Wildman–Crippen LogP) is 3.72. The molecule has 2 aromatic carbocycles. The van der Waals surface area contributed by atoms with E-state index < -0.39 is 6.61 Å². The Kier molecular flexibility index (Phi) is 12.7. The van der Waals surface area contributed by atoms with Gasteiger partial charge in [-0.2, -0.15) is 8.78 Å². The summed E-state index contributed by atoms with van der Waals surface area (Å²) >= 11 is 0. The normalized spacial score (nSPS) is 11.2. The number of benzene rings is 2. The molecule has 0 radical (unpaired) electrons. The molecule has 0 bridgehead atoms. The molecule has 2 rings (SSSR count). The summed E-state index contributed by atoms with van der Waals surface area (Å²) in [6.07, 6.45) is 0. The van der Waals surface area contributed by atoms with E-state index >= 15 is 0 Å². The van der Waals surface area contributed by atoms with E-state index in [1.807, 2.05) is 38.4 Å². The van der Waals surface area contributed by atoms with E-state index in [0.717, 1.165) is 17.9 Å². The minimum absolute atomic E-state index is 0. The van der Waals surface area contributed by atoms with E-state index in [0.29, 0.717) is 30.4 Å². The molecular weight excluding hydrogens is 533 g/mol. The van der Waals surface area contributed by atoms with Gasteiger partial charge in [0, 0.05) is 37.8 Å². The zero-order valence-electron chi connectivity index (χ0n) is 18.7. The molecule has 2 aromatic rings. The summed E-state index contributed by atoms with van der Waals surface area (Å²) in [5, 5.41) is 6.32. The lowest BCUT2D eigenvalue weighted by Gasteiger charge is -2.17. The molecule has 0 amide bonds. The van der Waals surface area contributed by atoms with Crippen LogP contribution in [0.1, 0.15) is 11.1 Å². The molecule has 0 unspecified atom stereocenters. The van der Waals surface area contributed by atoms with Gasteiger partial charge in [0.2, 0.25) is 0 Å². The Morgan fingerprint density at radius 3 is 2.34 bits per heavy atom. The first-order chi connectivity index (χ1) is 14.9. The molecule has 2 N–H and O–H groups in total. The van der Waals surface area contributed by atoms with Crippen LogP contribution in [-0.4, -0.2) is 58.9 Å². The molecule has 0 fully saturated rings. The highest BCUT2D eigenvalue weighted by Crippen LogP contribution is 2.25. The maximum Gasteiger partial charge on any atom is 0.387 e. The lowest BCUT2D eigenvalue weighted by Crippen LogP contribution is -2.36. The molecule has 32 heavy (non-hydrogen) atoms. The Balaban J connectivity index is 0.00000512. The maximum atomic E-state index is 12.7. The highest BCUT2D eigenvalue weighted by Gasteiger charge is 2.12. The third-order valence-corrected chi connectivity index (χ3v) is 4.37. The first-order valence-corrected chi connectivity index (χ1v) is 9.84. The number of likely N-dealkylation sites (N-methyl/N-ethyl adjacent to an activating group) is 1. The Morgan fingerprint density at radius 1 is 1.03 bits per heavy atom. The number of nitrogens with zero attached hydrogens (tertiary/aromatic N) is 2. The Bertz CT molecular complexity index is 854. The lowest BCUT2D eigenvalue weighted by molar-refractivity contribution is -0.0505. The van der Waals surface area contributed by atoms with Crippen LogP contribution < -0.4 is 24.8 Å². The fourth-order valence-corrected chi connectivity index (χ4v) is 2.74. The van der Waals surface area contributed by atoms with Crippen LogP contribution >= 0.6 is 24.0 Å². The van der Waals surface area contributed by atoms with Crippen molar-refractivity contribution in [2.75, 3.05) is 41.4 Å². The van der Waals surface area contributed by atoms with Crippen LogP contribution in [0.15, 0.2) is 47.5 Å². The fourth-order valence-electron chi connectivity index (χ4n) is 2.74. The third-order valence-electron chi connectivity index (χ3n) is 4.37. The van der Waals surface area contributed by atoms with Crippen LogP contribution in [0.5, 0.6) is 17.2 Å². The molecule has 0 saturated carbocycles. The SMILES string of the molecule is CN=C(NCc1ccccc1OCCN(C)C)NCc1cc(OC)ccc1OC(F)F.I. The topological polar surface area (TPSA) is 67.4 Å². The summed E-state index contributed by atoms with van der Waals surface area (Å²) in [5.41, 5.74) is 1.50. The van der Waals surface area contributed by atoms with Crippen molar-refractivity contribution in [3.8, 4) is 17.2 Å². The highest BCUT2D eigenvalue weighted by molar-refractivity contribution is 14.0. The smallest absolute Gasteiger partial charge is 0.387 e. The van der Waals surface area contributed by atoms with Gasteiger partial charge in [0.05, 0.1) is 7.11 Å². The standard InChI is InChI=1S/C22H30F2N4O3.HI/c1-25-22(26-14-16-7-5-6-8-19(16)30-12-11-28(2)3)27-15-17-13-18(29-4)9-10-20(17)31-21(23)24;/h5-10,13,21H,11-12,14-15H2,1-4H3,(H2,25,26,27);1H. The van der Waals surface area contributed by atoms with Crippen molar-refractivity contribution >= 4 is 29.9 Å². The summed E-state index contributed by atoms with van der Waals surface area (Å²) in [6.45, 7) is -0.807.